The molecular formula is C13H12N2O5S2. The summed E-state index contributed by atoms with van der Waals surface area (Å²) >= 11 is 2.31. The lowest BCUT2D eigenvalue weighted by Gasteiger charge is -2.08. The van der Waals surface area contributed by atoms with Gasteiger partial charge in [-0.15, -0.1) is 22.7 Å². The molecule has 116 valence electrons. The lowest BCUT2D eigenvalue weighted by molar-refractivity contribution is 0.0598. The van der Waals surface area contributed by atoms with Crippen molar-refractivity contribution in [2.75, 3.05) is 24.9 Å². The van der Waals surface area contributed by atoms with E-state index in [2.05, 4.69) is 20.1 Å². The number of thiophene rings is 2. The van der Waals surface area contributed by atoms with Gasteiger partial charge in [-0.3, -0.25) is 0 Å². The van der Waals surface area contributed by atoms with Crippen molar-refractivity contribution in [1.29, 1.82) is 0 Å². The molecular weight excluding hydrogens is 328 g/mol. The molecule has 0 radical (unpaired) electrons. The zero-order valence-electron chi connectivity index (χ0n) is 11.7. The molecule has 0 aromatic carbocycles. The average molecular weight is 340 g/mol. The molecule has 2 rings (SSSR count). The molecule has 2 heterocycles. The molecule has 0 spiro atoms. The van der Waals surface area contributed by atoms with E-state index < -0.39 is 18.0 Å². The van der Waals surface area contributed by atoms with Crippen LogP contribution in [0.25, 0.3) is 0 Å². The standard InChI is InChI=1S/C13H12N2O5S2/c1-19-11(16)9-7(3-5-21-9)14-13(18)15-8-4-6-22-10(8)12(17)20-2/h3-6H,1-2H3,(H2,14,15,18). The van der Waals surface area contributed by atoms with Crippen LogP contribution in [-0.2, 0) is 9.47 Å². The van der Waals surface area contributed by atoms with Crippen molar-refractivity contribution in [3.63, 3.8) is 0 Å². The van der Waals surface area contributed by atoms with E-state index >= 15 is 0 Å². The Balaban J connectivity index is 2.09. The third-order valence-electron chi connectivity index (χ3n) is 2.57. The topological polar surface area (TPSA) is 93.7 Å². The first-order chi connectivity index (χ1) is 10.6. The van der Waals surface area contributed by atoms with E-state index in [0.29, 0.717) is 11.4 Å². The summed E-state index contributed by atoms with van der Waals surface area (Å²) in [6.07, 6.45) is 0. The van der Waals surface area contributed by atoms with Crippen LogP contribution in [0.15, 0.2) is 22.9 Å². The Hall–Kier alpha value is -2.39. The number of hydrogen-bond acceptors (Lipinski definition) is 7. The molecule has 2 N–H and O–H groups in total. The smallest absolute Gasteiger partial charge is 0.350 e. The number of carbonyl (C=O) groups excluding carboxylic acids is 3. The normalized spacial score (nSPS) is 9.91. The van der Waals surface area contributed by atoms with E-state index in [1.165, 1.54) is 14.2 Å². The number of carbonyl (C=O) groups is 3. The summed E-state index contributed by atoms with van der Waals surface area (Å²) in [7, 11) is 2.53. The summed E-state index contributed by atoms with van der Waals surface area (Å²) in [5, 5.41) is 8.40. The molecule has 7 nitrogen and oxygen atoms in total. The first-order valence-electron chi connectivity index (χ1n) is 5.96. The molecule has 9 heteroatoms. The summed E-state index contributed by atoms with van der Waals surface area (Å²) in [5.41, 5.74) is 0.674. The van der Waals surface area contributed by atoms with Gasteiger partial charge in [0, 0.05) is 0 Å². The van der Waals surface area contributed by atoms with Crippen LogP contribution in [0.4, 0.5) is 16.2 Å². The molecule has 0 saturated carbocycles. The Morgan fingerprint density at radius 3 is 1.64 bits per heavy atom. The quantitative estimate of drug-likeness (QED) is 0.835. The fourth-order valence-electron chi connectivity index (χ4n) is 1.59. The fraction of sp³-hybridized carbons (Fsp3) is 0.154. The molecule has 0 aliphatic carbocycles. The van der Waals surface area contributed by atoms with Crippen molar-refractivity contribution in [3.05, 3.63) is 32.6 Å². The Labute approximate surface area is 133 Å². The maximum absolute atomic E-state index is 12.0. The van der Waals surface area contributed by atoms with Crippen LogP contribution in [0.5, 0.6) is 0 Å². The van der Waals surface area contributed by atoms with Crippen molar-refractivity contribution in [2.24, 2.45) is 0 Å². The summed E-state index contributed by atoms with van der Waals surface area (Å²) in [4.78, 5) is 35.6. The van der Waals surface area contributed by atoms with Gasteiger partial charge in [-0.2, -0.15) is 0 Å². The SMILES string of the molecule is COC(=O)c1sccc1NC(=O)Nc1ccsc1C(=O)OC. The van der Waals surface area contributed by atoms with Gasteiger partial charge in [-0.05, 0) is 22.9 Å². The molecule has 2 amide bonds. The Morgan fingerprint density at radius 2 is 1.27 bits per heavy atom. The Kier molecular flexibility index (Phi) is 5.12. The largest absolute Gasteiger partial charge is 0.465 e. The molecule has 2 aromatic heterocycles. The van der Waals surface area contributed by atoms with Gasteiger partial charge in [0.15, 0.2) is 0 Å². The molecule has 0 aliphatic heterocycles. The molecule has 0 aliphatic rings. The summed E-state index contributed by atoms with van der Waals surface area (Å²) in [5.74, 6) is -1.06. The lowest BCUT2D eigenvalue weighted by atomic mass is 10.3. The van der Waals surface area contributed by atoms with E-state index in [9.17, 15) is 14.4 Å². The highest BCUT2D eigenvalue weighted by molar-refractivity contribution is 7.13. The number of anilines is 2. The van der Waals surface area contributed by atoms with Crippen LogP contribution in [0.2, 0.25) is 0 Å². The number of urea groups is 1. The number of rotatable bonds is 4. The lowest BCUT2D eigenvalue weighted by Crippen LogP contribution is -2.21. The van der Waals surface area contributed by atoms with Gasteiger partial charge < -0.3 is 20.1 Å². The van der Waals surface area contributed by atoms with E-state index in [-0.39, 0.29) is 9.75 Å². The maximum atomic E-state index is 12.0. The number of hydrogen-bond donors (Lipinski definition) is 2. The minimum atomic E-state index is -0.577. The molecule has 22 heavy (non-hydrogen) atoms. The van der Waals surface area contributed by atoms with Crippen LogP contribution in [0, 0.1) is 0 Å². The van der Waals surface area contributed by atoms with Gasteiger partial charge in [0.05, 0.1) is 25.6 Å². The third kappa shape index (κ3) is 3.43. The summed E-state index contributed by atoms with van der Waals surface area (Å²) < 4.78 is 9.26. The fourth-order valence-corrected chi connectivity index (χ4v) is 3.12. The second kappa shape index (κ2) is 7.05. The van der Waals surface area contributed by atoms with Gasteiger partial charge in [0.2, 0.25) is 0 Å². The van der Waals surface area contributed by atoms with Crippen LogP contribution >= 0.6 is 22.7 Å². The summed E-state index contributed by atoms with van der Waals surface area (Å²) in [6.45, 7) is 0. The molecule has 0 fully saturated rings. The van der Waals surface area contributed by atoms with Crippen LogP contribution in [0.1, 0.15) is 19.3 Å². The molecule has 0 bridgehead atoms. The van der Waals surface area contributed by atoms with E-state index in [1.807, 2.05) is 0 Å². The van der Waals surface area contributed by atoms with E-state index in [0.717, 1.165) is 22.7 Å². The van der Waals surface area contributed by atoms with Crippen molar-refractivity contribution in [2.45, 2.75) is 0 Å². The predicted molar refractivity (Wildman–Crippen MR) is 84.0 cm³/mol. The second-order valence-corrected chi connectivity index (χ2v) is 5.72. The number of nitrogens with one attached hydrogen (secondary N) is 2. The third-order valence-corrected chi connectivity index (χ3v) is 4.36. The zero-order valence-corrected chi connectivity index (χ0v) is 13.3. The Bertz CT molecular complexity index is 649. The van der Waals surface area contributed by atoms with Crippen molar-refractivity contribution >= 4 is 52.0 Å². The average Bonchev–Trinajstić information content (AvgIpc) is 3.15. The Morgan fingerprint density at radius 1 is 0.864 bits per heavy atom. The zero-order chi connectivity index (χ0) is 16.1. The predicted octanol–water partition coefficient (Wildman–Crippen LogP) is 3.03. The van der Waals surface area contributed by atoms with Crippen molar-refractivity contribution < 1.29 is 23.9 Å². The summed E-state index contributed by atoms with van der Waals surface area (Å²) in [6, 6.07) is 2.60. The maximum Gasteiger partial charge on any atom is 0.350 e. The number of methoxy groups -OCH3 is 2. The van der Waals surface area contributed by atoms with E-state index in [4.69, 9.17) is 0 Å². The minimum absolute atomic E-state index is 0.288. The molecule has 2 aromatic rings. The van der Waals surface area contributed by atoms with Crippen LogP contribution in [-0.4, -0.2) is 32.2 Å². The van der Waals surface area contributed by atoms with Gasteiger partial charge in [-0.25, -0.2) is 14.4 Å². The number of ether oxygens (including phenoxy) is 2. The molecule has 0 saturated heterocycles. The highest BCUT2D eigenvalue weighted by Gasteiger charge is 2.18. The molecule has 0 unspecified atom stereocenters. The van der Waals surface area contributed by atoms with Gasteiger partial charge >= 0.3 is 18.0 Å². The number of esters is 2. The van der Waals surface area contributed by atoms with Crippen molar-refractivity contribution in [3.8, 4) is 0 Å². The highest BCUT2D eigenvalue weighted by Crippen LogP contribution is 2.25. The minimum Gasteiger partial charge on any atom is -0.465 e. The van der Waals surface area contributed by atoms with Gasteiger partial charge in [-0.1, -0.05) is 0 Å². The van der Waals surface area contributed by atoms with E-state index in [1.54, 1.807) is 22.9 Å². The first-order valence-corrected chi connectivity index (χ1v) is 7.72. The first kappa shape index (κ1) is 16.0. The van der Waals surface area contributed by atoms with Crippen LogP contribution in [0.3, 0.4) is 0 Å². The second-order valence-electron chi connectivity index (χ2n) is 3.89. The molecule has 0 atom stereocenters. The highest BCUT2D eigenvalue weighted by atomic mass is 32.1. The van der Waals surface area contributed by atoms with Gasteiger partial charge in [0.25, 0.3) is 0 Å². The van der Waals surface area contributed by atoms with Gasteiger partial charge in [0.1, 0.15) is 9.75 Å². The monoisotopic (exact) mass is 340 g/mol. The number of amides is 2. The van der Waals surface area contributed by atoms with Crippen molar-refractivity contribution in [1.82, 2.24) is 0 Å². The van der Waals surface area contributed by atoms with Crippen LogP contribution < -0.4 is 10.6 Å².